The zero-order valence-electron chi connectivity index (χ0n) is 22.7. The highest BCUT2D eigenvalue weighted by Gasteiger charge is 2.18. The number of anilines is 2. The number of aromatic amines is 1. The topological polar surface area (TPSA) is 99.7 Å². The smallest absolute Gasteiger partial charge is 0.228 e. The third-order valence-electron chi connectivity index (χ3n) is 6.37. The summed E-state index contributed by atoms with van der Waals surface area (Å²) in [6.07, 6.45) is -0.121. The van der Waals surface area contributed by atoms with Gasteiger partial charge in [0, 0.05) is 36.0 Å². The molecule has 2 heterocycles. The molecule has 0 radical (unpaired) electrons. The number of H-pyrrole nitrogens is 1. The van der Waals surface area contributed by atoms with Crippen LogP contribution in [0.2, 0.25) is 0 Å². The number of hydrogen-bond acceptors (Lipinski definition) is 6. The molecule has 41 heavy (non-hydrogen) atoms. The number of amides is 1. The molecule has 2 aromatic heterocycles. The Hall–Kier alpha value is -4.99. The lowest BCUT2D eigenvalue weighted by Gasteiger charge is -2.27. The van der Waals surface area contributed by atoms with Gasteiger partial charge in [-0.15, -0.1) is 5.10 Å². The molecule has 0 fully saturated rings. The second-order valence-corrected chi connectivity index (χ2v) is 10.1. The number of hydrogen-bond donors (Lipinski definition) is 2. The van der Waals surface area contributed by atoms with Gasteiger partial charge in [0.05, 0.1) is 12.1 Å². The van der Waals surface area contributed by atoms with E-state index in [2.05, 4.69) is 56.8 Å². The number of nitrogens with zero attached hydrogens (tertiary/aromatic N) is 5. The van der Waals surface area contributed by atoms with Gasteiger partial charge < -0.3 is 10.2 Å². The van der Waals surface area contributed by atoms with Crippen molar-refractivity contribution < 1.29 is 13.6 Å². The maximum absolute atomic E-state index is 13.7. The van der Waals surface area contributed by atoms with Gasteiger partial charge in [0.1, 0.15) is 5.82 Å². The molecule has 208 valence electrons. The third kappa shape index (κ3) is 6.96. The zero-order chi connectivity index (χ0) is 28.8. The van der Waals surface area contributed by atoms with Crippen LogP contribution in [0.15, 0.2) is 84.9 Å². The Morgan fingerprint density at radius 1 is 0.902 bits per heavy atom. The van der Waals surface area contributed by atoms with Crippen LogP contribution in [0.3, 0.4) is 0 Å². The average molecular weight is 554 g/mol. The van der Waals surface area contributed by atoms with Gasteiger partial charge in [0.2, 0.25) is 5.91 Å². The molecule has 0 saturated carbocycles. The van der Waals surface area contributed by atoms with Crippen LogP contribution in [0.1, 0.15) is 25.0 Å². The van der Waals surface area contributed by atoms with E-state index in [-0.39, 0.29) is 12.3 Å². The van der Waals surface area contributed by atoms with Crippen molar-refractivity contribution in [1.29, 1.82) is 0 Å². The fourth-order valence-corrected chi connectivity index (χ4v) is 4.60. The molecule has 8 nitrogen and oxygen atoms in total. The molecular formula is C31H29F2N7O. The molecule has 0 atom stereocenters. The van der Waals surface area contributed by atoms with Crippen molar-refractivity contribution in [1.82, 2.24) is 25.6 Å². The lowest BCUT2D eigenvalue weighted by atomic mass is 10.0. The highest BCUT2D eigenvalue weighted by atomic mass is 19.2. The number of benzene rings is 3. The molecule has 2 N–H and O–H groups in total. The Bertz CT molecular complexity index is 1630. The quantitative estimate of drug-likeness (QED) is 0.218. The predicted molar refractivity (Wildman–Crippen MR) is 154 cm³/mol. The molecule has 3 aromatic carbocycles. The van der Waals surface area contributed by atoms with E-state index in [0.717, 1.165) is 35.4 Å². The molecule has 0 bridgehead atoms. The molecule has 0 aliphatic heterocycles. The van der Waals surface area contributed by atoms with E-state index < -0.39 is 11.6 Å². The lowest BCUT2D eigenvalue weighted by Crippen LogP contribution is -2.28. The van der Waals surface area contributed by atoms with Crippen LogP contribution in [-0.4, -0.2) is 38.1 Å². The molecular weight excluding hydrogens is 524 g/mol. The molecule has 0 spiro atoms. The minimum Gasteiger partial charge on any atom is -0.352 e. The number of nitrogens with one attached hydrogen (secondary N) is 2. The summed E-state index contributed by atoms with van der Waals surface area (Å²) in [5.41, 5.74) is 4.14. The second-order valence-electron chi connectivity index (χ2n) is 10.1. The van der Waals surface area contributed by atoms with Crippen LogP contribution in [0.4, 0.5) is 20.3 Å². The van der Waals surface area contributed by atoms with Crippen molar-refractivity contribution in [3.8, 4) is 22.6 Å². The Morgan fingerprint density at radius 2 is 1.66 bits per heavy atom. The molecule has 5 rings (SSSR count). The predicted octanol–water partition coefficient (Wildman–Crippen LogP) is 6.05. The summed E-state index contributed by atoms with van der Waals surface area (Å²) in [5, 5.41) is 17.2. The molecule has 0 unspecified atom stereocenters. The van der Waals surface area contributed by atoms with Crippen LogP contribution < -0.4 is 10.2 Å². The van der Waals surface area contributed by atoms with Gasteiger partial charge in [-0.2, -0.15) is 0 Å². The van der Waals surface area contributed by atoms with Crippen LogP contribution >= 0.6 is 0 Å². The highest BCUT2D eigenvalue weighted by Crippen LogP contribution is 2.33. The van der Waals surface area contributed by atoms with Gasteiger partial charge in [-0.05, 0) is 45.7 Å². The van der Waals surface area contributed by atoms with Crippen LogP contribution in [-0.2, 0) is 17.8 Å². The van der Waals surface area contributed by atoms with Gasteiger partial charge in [0.25, 0.3) is 0 Å². The number of rotatable bonds is 10. The molecule has 5 aromatic rings. The second kappa shape index (κ2) is 12.5. The SMILES string of the molecule is CC(C)CN(Cc1ccccc1)c1cc(NC(=O)Cc2ccc(F)c(F)c2)cc(-c2ccccc2-c2nnn[nH]2)n1. The summed E-state index contributed by atoms with van der Waals surface area (Å²) in [4.78, 5) is 20.2. The van der Waals surface area contributed by atoms with Crippen molar-refractivity contribution in [2.75, 3.05) is 16.8 Å². The van der Waals surface area contributed by atoms with Gasteiger partial charge in [-0.3, -0.25) is 4.79 Å². The van der Waals surface area contributed by atoms with Gasteiger partial charge in [-0.25, -0.2) is 18.9 Å². The summed E-state index contributed by atoms with van der Waals surface area (Å²) in [6, 6.07) is 24.8. The summed E-state index contributed by atoms with van der Waals surface area (Å²) >= 11 is 0. The first-order valence-electron chi connectivity index (χ1n) is 13.2. The van der Waals surface area contributed by atoms with Crippen molar-refractivity contribution in [3.05, 3.63) is 108 Å². The van der Waals surface area contributed by atoms with E-state index in [0.29, 0.717) is 41.0 Å². The van der Waals surface area contributed by atoms with E-state index in [1.54, 1.807) is 6.07 Å². The van der Waals surface area contributed by atoms with Crippen molar-refractivity contribution >= 4 is 17.4 Å². The molecule has 10 heteroatoms. The summed E-state index contributed by atoms with van der Waals surface area (Å²) < 4.78 is 27.1. The minimum atomic E-state index is -0.993. The Labute approximate surface area is 236 Å². The Morgan fingerprint density at radius 3 is 2.37 bits per heavy atom. The number of halogens is 2. The molecule has 0 saturated heterocycles. The average Bonchev–Trinajstić information content (AvgIpc) is 3.50. The number of carbonyl (C=O) groups is 1. The zero-order valence-corrected chi connectivity index (χ0v) is 22.7. The monoisotopic (exact) mass is 553 g/mol. The van der Waals surface area contributed by atoms with E-state index >= 15 is 0 Å². The van der Waals surface area contributed by atoms with Crippen LogP contribution in [0.5, 0.6) is 0 Å². The third-order valence-corrected chi connectivity index (χ3v) is 6.37. The fraction of sp³-hybridized carbons (Fsp3) is 0.194. The van der Waals surface area contributed by atoms with Gasteiger partial charge >= 0.3 is 0 Å². The van der Waals surface area contributed by atoms with E-state index in [4.69, 9.17) is 4.98 Å². The maximum atomic E-state index is 13.7. The summed E-state index contributed by atoms with van der Waals surface area (Å²) in [5.74, 6) is -0.823. The van der Waals surface area contributed by atoms with Crippen LogP contribution in [0, 0.1) is 17.6 Å². The number of aromatic nitrogens is 5. The van der Waals surface area contributed by atoms with Crippen molar-refractivity contribution in [2.45, 2.75) is 26.8 Å². The Kier molecular flexibility index (Phi) is 8.38. The van der Waals surface area contributed by atoms with Crippen LogP contribution in [0.25, 0.3) is 22.6 Å². The normalized spacial score (nSPS) is 11.0. The maximum Gasteiger partial charge on any atom is 0.228 e. The molecule has 0 aliphatic carbocycles. The number of tetrazole rings is 1. The lowest BCUT2D eigenvalue weighted by molar-refractivity contribution is -0.115. The van der Waals surface area contributed by atoms with E-state index in [1.807, 2.05) is 48.5 Å². The van der Waals surface area contributed by atoms with Crippen molar-refractivity contribution in [2.24, 2.45) is 5.92 Å². The summed E-state index contributed by atoms with van der Waals surface area (Å²) in [6.45, 7) is 5.61. The summed E-state index contributed by atoms with van der Waals surface area (Å²) in [7, 11) is 0. The first-order valence-corrected chi connectivity index (χ1v) is 13.2. The first kappa shape index (κ1) is 27.6. The standard InChI is InChI=1S/C31H29F2N7O/c1-20(2)18-40(19-21-8-4-3-5-9-21)29-17-23(34-30(41)15-22-12-13-26(32)27(33)14-22)16-28(35-29)24-10-6-7-11-25(24)31-36-38-39-37-31/h3-14,16-17,20H,15,18-19H2,1-2H3,(H,34,35,41)(H,36,37,38,39). The largest absolute Gasteiger partial charge is 0.352 e. The fourth-order valence-electron chi connectivity index (χ4n) is 4.60. The number of carbonyl (C=O) groups excluding carboxylic acids is 1. The van der Waals surface area contributed by atoms with Crippen molar-refractivity contribution in [3.63, 3.8) is 0 Å². The minimum absolute atomic E-state index is 0.121. The molecule has 0 aliphatic rings. The highest BCUT2D eigenvalue weighted by molar-refractivity contribution is 5.93. The Balaban J connectivity index is 1.55. The van der Waals surface area contributed by atoms with Gasteiger partial charge in [-0.1, -0.05) is 74.5 Å². The number of pyridine rings is 1. The first-order chi connectivity index (χ1) is 19.9. The molecule has 1 amide bonds. The van der Waals surface area contributed by atoms with E-state index in [1.165, 1.54) is 6.07 Å². The van der Waals surface area contributed by atoms with E-state index in [9.17, 15) is 13.6 Å². The van der Waals surface area contributed by atoms with Gasteiger partial charge in [0.15, 0.2) is 17.5 Å².